The van der Waals surface area contributed by atoms with Crippen LogP contribution < -0.4 is 0 Å². The number of rotatable bonds is 2. The Morgan fingerprint density at radius 1 is 1.26 bits per heavy atom. The molecule has 0 saturated carbocycles. The lowest BCUT2D eigenvalue weighted by Crippen LogP contribution is -2.31. The zero-order chi connectivity index (χ0) is 14.6. The molecule has 2 rings (SSSR count). The van der Waals surface area contributed by atoms with Gasteiger partial charge < -0.3 is 0 Å². The maximum atomic E-state index is 12.9. The van der Waals surface area contributed by atoms with E-state index in [2.05, 4.69) is 41.2 Å². The van der Waals surface area contributed by atoms with Crippen LogP contribution in [0.15, 0.2) is 23.3 Å². The van der Waals surface area contributed by atoms with Crippen LogP contribution in [0.5, 0.6) is 0 Å². The molecule has 2 aliphatic rings. The highest BCUT2D eigenvalue weighted by molar-refractivity contribution is 6.01. The molecule has 1 heteroatoms. The van der Waals surface area contributed by atoms with Gasteiger partial charge in [-0.1, -0.05) is 45.8 Å². The van der Waals surface area contributed by atoms with Gasteiger partial charge in [-0.15, -0.1) is 6.58 Å². The van der Waals surface area contributed by atoms with Crippen LogP contribution in [0.4, 0.5) is 0 Å². The quantitative estimate of drug-likeness (QED) is 0.643. The minimum atomic E-state index is 0.0175. The van der Waals surface area contributed by atoms with Crippen molar-refractivity contribution in [2.75, 3.05) is 0 Å². The predicted molar refractivity (Wildman–Crippen MR) is 80.9 cm³/mol. The Morgan fingerprint density at radius 3 is 2.37 bits per heavy atom. The second-order valence-electron chi connectivity index (χ2n) is 7.78. The third kappa shape index (κ3) is 2.02. The molecule has 2 atom stereocenters. The molecule has 106 valence electrons. The molecule has 0 aromatic heterocycles. The molecule has 0 bridgehead atoms. The normalized spacial score (nSPS) is 32.4. The molecule has 1 nitrogen and oxygen atoms in total. The Labute approximate surface area is 118 Å². The third-order valence-corrected chi connectivity index (χ3v) is 5.84. The number of allylic oxidation sites excluding steroid dienone is 3. The minimum Gasteiger partial charge on any atom is -0.294 e. The van der Waals surface area contributed by atoms with Gasteiger partial charge in [0.1, 0.15) is 0 Å². The van der Waals surface area contributed by atoms with E-state index < -0.39 is 0 Å². The van der Waals surface area contributed by atoms with Crippen LogP contribution >= 0.6 is 0 Å². The summed E-state index contributed by atoms with van der Waals surface area (Å²) in [6.07, 6.45) is 2.97. The predicted octanol–water partition coefficient (Wildman–Crippen LogP) is 4.93. The topological polar surface area (TPSA) is 17.1 Å². The second-order valence-corrected chi connectivity index (χ2v) is 7.78. The van der Waals surface area contributed by atoms with E-state index in [1.165, 1.54) is 5.57 Å². The zero-order valence-corrected chi connectivity index (χ0v) is 13.4. The fourth-order valence-electron chi connectivity index (χ4n) is 4.27. The van der Waals surface area contributed by atoms with Crippen molar-refractivity contribution in [3.8, 4) is 0 Å². The number of carbonyl (C=O) groups is 1. The van der Waals surface area contributed by atoms with Crippen molar-refractivity contribution in [2.24, 2.45) is 22.7 Å². The number of Topliss-reactive ketones (excluding diaryl/α,β-unsaturated/α-hetero) is 1. The first-order chi connectivity index (χ1) is 8.60. The number of hydrogen-bond acceptors (Lipinski definition) is 1. The molecule has 19 heavy (non-hydrogen) atoms. The summed E-state index contributed by atoms with van der Waals surface area (Å²) in [5.74, 6) is 1.11. The number of hydrogen-bond donors (Lipinski definition) is 0. The summed E-state index contributed by atoms with van der Waals surface area (Å²) in [4.78, 5) is 12.9. The molecule has 2 aliphatic carbocycles. The van der Waals surface area contributed by atoms with Crippen LogP contribution in [0, 0.1) is 22.7 Å². The lowest BCUT2D eigenvalue weighted by molar-refractivity contribution is -0.120. The monoisotopic (exact) mass is 260 g/mol. The van der Waals surface area contributed by atoms with Gasteiger partial charge in [0.2, 0.25) is 0 Å². The van der Waals surface area contributed by atoms with Crippen molar-refractivity contribution >= 4 is 5.78 Å². The van der Waals surface area contributed by atoms with Gasteiger partial charge in [-0.2, -0.15) is 0 Å². The standard InChI is InChI=1S/C18H28O/c1-11(2)10-13-8-9-14-15(16(13)19)18(6,7)12(3)17(14,4)5/h12-13H,1,8-10H2,2-7H3. The summed E-state index contributed by atoms with van der Waals surface area (Å²) in [5.41, 5.74) is 3.91. The molecule has 0 amide bonds. The minimum absolute atomic E-state index is 0.0175. The maximum absolute atomic E-state index is 12.9. The van der Waals surface area contributed by atoms with Crippen molar-refractivity contribution in [3.63, 3.8) is 0 Å². The maximum Gasteiger partial charge on any atom is 0.162 e. The Bertz CT molecular complexity index is 462. The summed E-state index contributed by atoms with van der Waals surface area (Å²) >= 11 is 0. The van der Waals surface area contributed by atoms with Crippen LogP contribution in [0.3, 0.4) is 0 Å². The first-order valence-corrected chi connectivity index (χ1v) is 7.52. The first kappa shape index (κ1) is 14.6. The molecule has 0 aromatic rings. The van der Waals surface area contributed by atoms with Gasteiger partial charge in [0.25, 0.3) is 0 Å². The van der Waals surface area contributed by atoms with Gasteiger partial charge in [0.05, 0.1) is 0 Å². The van der Waals surface area contributed by atoms with Gasteiger partial charge in [-0.3, -0.25) is 4.79 Å². The molecular formula is C18H28O. The van der Waals surface area contributed by atoms with E-state index in [0.29, 0.717) is 11.7 Å². The summed E-state index contributed by atoms with van der Waals surface area (Å²) in [5, 5.41) is 0. The summed E-state index contributed by atoms with van der Waals surface area (Å²) < 4.78 is 0. The molecule has 0 heterocycles. The molecule has 0 radical (unpaired) electrons. The highest BCUT2D eigenvalue weighted by Gasteiger charge is 2.54. The summed E-state index contributed by atoms with van der Waals surface area (Å²) in [6, 6.07) is 0. The lowest BCUT2D eigenvalue weighted by Gasteiger charge is -2.34. The molecule has 0 aromatic carbocycles. The van der Waals surface area contributed by atoms with Crippen LogP contribution in [0.25, 0.3) is 0 Å². The molecule has 0 aliphatic heterocycles. The zero-order valence-electron chi connectivity index (χ0n) is 13.4. The van der Waals surface area contributed by atoms with Crippen molar-refractivity contribution in [3.05, 3.63) is 23.3 Å². The van der Waals surface area contributed by atoms with Crippen LogP contribution in [0.1, 0.15) is 60.8 Å². The van der Waals surface area contributed by atoms with Crippen molar-refractivity contribution in [2.45, 2.75) is 60.8 Å². The van der Waals surface area contributed by atoms with E-state index >= 15 is 0 Å². The molecule has 0 spiro atoms. The first-order valence-electron chi connectivity index (χ1n) is 7.52. The Balaban J connectivity index is 2.44. The smallest absolute Gasteiger partial charge is 0.162 e. The molecule has 0 saturated heterocycles. The van der Waals surface area contributed by atoms with Crippen molar-refractivity contribution < 1.29 is 4.79 Å². The second kappa shape index (κ2) is 4.33. The Kier molecular flexibility index (Phi) is 3.32. The Morgan fingerprint density at radius 2 is 1.84 bits per heavy atom. The van der Waals surface area contributed by atoms with Gasteiger partial charge in [0.15, 0.2) is 5.78 Å². The fraction of sp³-hybridized carbons (Fsp3) is 0.722. The van der Waals surface area contributed by atoms with Crippen LogP contribution in [0.2, 0.25) is 0 Å². The Hall–Kier alpha value is -0.850. The van der Waals surface area contributed by atoms with E-state index in [9.17, 15) is 4.79 Å². The van der Waals surface area contributed by atoms with E-state index in [-0.39, 0.29) is 16.7 Å². The largest absolute Gasteiger partial charge is 0.294 e. The molecule has 0 N–H and O–H groups in total. The van der Waals surface area contributed by atoms with Crippen LogP contribution in [-0.2, 0) is 4.79 Å². The van der Waals surface area contributed by atoms with E-state index in [1.807, 2.05) is 6.92 Å². The highest BCUT2D eigenvalue weighted by Crippen LogP contribution is 2.60. The SMILES string of the molecule is C=C(C)CC1CCC2=C(C1=O)C(C)(C)C(C)C2(C)C. The molecule has 0 fully saturated rings. The summed E-state index contributed by atoms with van der Waals surface area (Å²) in [7, 11) is 0. The van der Waals surface area contributed by atoms with E-state index in [1.54, 1.807) is 0 Å². The summed E-state index contributed by atoms with van der Waals surface area (Å²) in [6.45, 7) is 17.4. The van der Waals surface area contributed by atoms with Crippen LogP contribution in [-0.4, -0.2) is 5.78 Å². The number of carbonyl (C=O) groups excluding carboxylic acids is 1. The fourth-order valence-corrected chi connectivity index (χ4v) is 4.27. The third-order valence-electron chi connectivity index (χ3n) is 5.84. The van der Waals surface area contributed by atoms with Crippen molar-refractivity contribution in [1.29, 1.82) is 0 Å². The average molecular weight is 260 g/mol. The molecular weight excluding hydrogens is 232 g/mol. The van der Waals surface area contributed by atoms with Crippen molar-refractivity contribution in [1.82, 2.24) is 0 Å². The van der Waals surface area contributed by atoms with Gasteiger partial charge in [0, 0.05) is 11.5 Å². The van der Waals surface area contributed by atoms with Gasteiger partial charge in [-0.05, 0) is 42.9 Å². The lowest BCUT2D eigenvalue weighted by atomic mass is 9.69. The number of ketones is 1. The average Bonchev–Trinajstić information content (AvgIpc) is 2.41. The molecule has 2 unspecified atom stereocenters. The van der Waals surface area contributed by atoms with Gasteiger partial charge in [-0.25, -0.2) is 0 Å². The highest BCUT2D eigenvalue weighted by atomic mass is 16.1. The van der Waals surface area contributed by atoms with E-state index in [0.717, 1.165) is 30.4 Å². The van der Waals surface area contributed by atoms with E-state index in [4.69, 9.17) is 0 Å². The van der Waals surface area contributed by atoms with Gasteiger partial charge >= 0.3 is 0 Å².